The van der Waals surface area contributed by atoms with Crippen LogP contribution < -0.4 is 5.32 Å². The maximum absolute atomic E-state index is 12.9. The predicted molar refractivity (Wildman–Crippen MR) is 88.1 cm³/mol. The molecular weight excluding hydrogens is 333 g/mol. The van der Waals surface area contributed by atoms with Gasteiger partial charge in [0, 0.05) is 18.4 Å². The van der Waals surface area contributed by atoms with Gasteiger partial charge in [-0.05, 0) is 36.4 Å². The zero-order valence-corrected chi connectivity index (χ0v) is 13.3. The van der Waals surface area contributed by atoms with Crippen LogP contribution in [-0.2, 0) is 11.2 Å². The lowest BCUT2D eigenvalue weighted by Crippen LogP contribution is -2.12. The highest BCUT2D eigenvalue weighted by Gasteiger charge is 2.11. The number of aromatic nitrogens is 2. The second kappa shape index (κ2) is 7.23. The number of nitrogens with zero attached hydrogens (tertiary/aromatic N) is 2. The Bertz CT molecular complexity index is 849. The average Bonchev–Trinajstić information content (AvgIpc) is 3.05. The molecule has 0 saturated carbocycles. The van der Waals surface area contributed by atoms with Crippen LogP contribution in [0.25, 0.3) is 11.4 Å². The van der Waals surface area contributed by atoms with Crippen molar-refractivity contribution in [2.24, 2.45) is 0 Å². The lowest BCUT2D eigenvalue weighted by Gasteiger charge is -2.05. The first-order valence-electron chi connectivity index (χ1n) is 7.25. The minimum absolute atomic E-state index is 0.177. The molecule has 0 fully saturated rings. The highest BCUT2D eigenvalue weighted by molar-refractivity contribution is 6.33. The van der Waals surface area contributed by atoms with Crippen LogP contribution in [0, 0.1) is 5.82 Å². The molecule has 0 saturated heterocycles. The van der Waals surface area contributed by atoms with Gasteiger partial charge < -0.3 is 9.84 Å². The van der Waals surface area contributed by atoms with Gasteiger partial charge in [0.25, 0.3) is 0 Å². The molecule has 5 nitrogen and oxygen atoms in total. The summed E-state index contributed by atoms with van der Waals surface area (Å²) in [5, 5.41) is 7.03. The Morgan fingerprint density at radius 1 is 1.17 bits per heavy atom. The minimum Gasteiger partial charge on any atom is -0.339 e. The van der Waals surface area contributed by atoms with Crippen LogP contribution in [0.2, 0.25) is 5.02 Å². The molecule has 3 rings (SSSR count). The van der Waals surface area contributed by atoms with Crippen LogP contribution in [0.15, 0.2) is 53.1 Å². The number of carbonyl (C=O) groups is 1. The SMILES string of the molecule is O=C(CCc1nc(-c2ccc(F)cc2)no1)Nc1ccccc1Cl. The number of benzene rings is 2. The van der Waals surface area contributed by atoms with Crippen molar-refractivity contribution in [2.45, 2.75) is 12.8 Å². The summed E-state index contributed by atoms with van der Waals surface area (Å²) in [6.07, 6.45) is 0.473. The molecule has 1 heterocycles. The van der Waals surface area contributed by atoms with Crippen molar-refractivity contribution in [3.05, 3.63) is 65.3 Å². The topological polar surface area (TPSA) is 68.0 Å². The molecule has 0 radical (unpaired) electrons. The minimum atomic E-state index is -0.335. The van der Waals surface area contributed by atoms with Crippen molar-refractivity contribution >= 4 is 23.2 Å². The maximum Gasteiger partial charge on any atom is 0.227 e. The molecular formula is C17H13ClFN3O2. The zero-order valence-electron chi connectivity index (χ0n) is 12.5. The van der Waals surface area contributed by atoms with E-state index in [1.807, 2.05) is 0 Å². The Balaban J connectivity index is 1.58. The van der Waals surface area contributed by atoms with Gasteiger partial charge in [-0.3, -0.25) is 4.79 Å². The monoisotopic (exact) mass is 345 g/mol. The molecule has 1 aromatic heterocycles. The van der Waals surface area contributed by atoms with E-state index in [0.717, 1.165) is 0 Å². The Morgan fingerprint density at radius 3 is 2.67 bits per heavy atom. The molecule has 0 aliphatic rings. The van der Waals surface area contributed by atoms with E-state index in [0.29, 0.717) is 34.4 Å². The molecule has 7 heteroatoms. The lowest BCUT2D eigenvalue weighted by atomic mass is 10.2. The second-order valence-corrected chi connectivity index (χ2v) is 5.45. The van der Waals surface area contributed by atoms with E-state index in [1.165, 1.54) is 12.1 Å². The van der Waals surface area contributed by atoms with E-state index in [9.17, 15) is 9.18 Å². The third-order valence-corrected chi connectivity index (χ3v) is 3.61. The molecule has 1 N–H and O–H groups in total. The Hall–Kier alpha value is -2.73. The summed E-state index contributed by atoms with van der Waals surface area (Å²) in [5.74, 6) is 0.156. The van der Waals surface area contributed by atoms with Crippen molar-refractivity contribution < 1.29 is 13.7 Å². The highest BCUT2D eigenvalue weighted by Crippen LogP contribution is 2.21. The third kappa shape index (κ3) is 3.97. The molecule has 122 valence electrons. The van der Waals surface area contributed by atoms with Crippen LogP contribution in [-0.4, -0.2) is 16.0 Å². The van der Waals surface area contributed by atoms with E-state index >= 15 is 0 Å². The number of aryl methyl sites for hydroxylation is 1. The van der Waals surface area contributed by atoms with Gasteiger partial charge in [-0.15, -0.1) is 0 Å². The molecule has 1 amide bonds. The lowest BCUT2D eigenvalue weighted by molar-refractivity contribution is -0.116. The Labute approximate surface area is 142 Å². The number of amides is 1. The van der Waals surface area contributed by atoms with Gasteiger partial charge >= 0.3 is 0 Å². The molecule has 3 aromatic rings. The fourth-order valence-electron chi connectivity index (χ4n) is 2.07. The molecule has 24 heavy (non-hydrogen) atoms. The van der Waals surface area contributed by atoms with Crippen molar-refractivity contribution in [1.82, 2.24) is 10.1 Å². The number of hydrogen-bond donors (Lipinski definition) is 1. The fraction of sp³-hybridized carbons (Fsp3) is 0.118. The Morgan fingerprint density at radius 2 is 1.92 bits per heavy atom. The summed E-state index contributed by atoms with van der Waals surface area (Å²) in [7, 11) is 0. The van der Waals surface area contributed by atoms with Gasteiger partial charge in [0.15, 0.2) is 0 Å². The predicted octanol–water partition coefficient (Wildman–Crippen LogP) is 4.10. The maximum atomic E-state index is 12.9. The van der Waals surface area contributed by atoms with Gasteiger partial charge in [-0.25, -0.2) is 4.39 Å². The van der Waals surface area contributed by atoms with Crippen LogP contribution >= 0.6 is 11.6 Å². The Kier molecular flexibility index (Phi) is 4.86. The number of carbonyl (C=O) groups excluding carboxylic acids is 1. The zero-order chi connectivity index (χ0) is 16.9. The van der Waals surface area contributed by atoms with Gasteiger partial charge in [0.1, 0.15) is 5.82 Å². The van der Waals surface area contributed by atoms with Gasteiger partial charge in [0.05, 0.1) is 10.7 Å². The summed E-state index contributed by atoms with van der Waals surface area (Å²) >= 11 is 5.99. The number of rotatable bonds is 5. The smallest absolute Gasteiger partial charge is 0.227 e. The fourth-order valence-corrected chi connectivity index (χ4v) is 2.25. The van der Waals surface area contributed by atoms with E-state index < -0.39 is 0 Å². The summed E-state index contributed by atoms with van der Waals surface area (Å²) in [6, 6.07) is 12.8. The summed E-state index contributed by atoms with van der Waals surface area (Å²) in [6.45, 7) is 0. The van der Waals surface area contributed by atoms with Gasteiger partial charge in [-0.2, -0.15) is 4.98 Å². The van der Waals surface area contributed by atoms with E-state index in [-0.39, 0.29) is 18.1 Å². The highest BCUT2D eigenvalue weighted by atomic mass is 35.5. The third-order valence-electron chi connectivity index (χ3n) is 3.28. The molecule has 2 aromatic carbocycles. The second-order valence-electron chi connectivity index (χ2n) is 5.05. The van der Waals surface area contributed by atoms with Crippen molar-refractivity contribution in [3.63, 3.8) is 0 Å². The molecule has 0 unspecified atom stereocenters. The summed E-state index contributed by atoms with van der Waals surface area (Å²) in [5.41, 5.74) is 1.20. The van der Waals surface area contributed by atoms with Crippen molar-refractivity contribution in [2.75, 3.05) is 5.32 Å². The molecule has 0 spiro atoms. The first kappa shape index (κ1) is 16.1. The largest absolute Gasteiger partial charge is 0.339 e. The van der Waals surface area contributed by atoms with Crippen LogP contribution in [0.5, 0.6) is 0 Å². The quantitative estimate of drug-likeness (QED) is 0.756. The summed E-state index contributed by atoms with van der Waals surface area (Å²) < 4.78 is 18.0. The van der Waals surface area contributed by atoms with Crippen molar-refractivity contribution in [3.8, 4) is 11.4 Å². The van der Waals surface area contributed by atoms with E-state index in [4.69, 9.17) is 16.1 Å². The number of anilines is 1. The first-order valence-corrected chi connectivity index (χ1v) is 7.62. The van der Waals surface area contributed by atoms with Gasteiger partial charge in [-0.1, -0.05) is 28.9 Å². The molecule has 0 aliphatic heterocycles. The summed E-state index contributed by atoms with van der Waals surface area (Å²) in [4.78, 5) is 16.2. The number of nitrogens with one attached hydrogen (secondary N) is 1. The van der Waals surface area contributed by atoms with Crippen molar-refractivity contribution in [1.29, 1.82) is 0 Å². The average molecular weight is 346 g/mol. The molecule has 0 aliphatic carbocycles. The molecule has 0 bridgehead atoms. The van der Waals surface area contributed by atoms with Gasteiger partial charge in [0.2, 0.25) is 17.6 Å². The van der Waals surface area contributed by atoms with Crippen LogP contribution in [0.4, 0.5) is 10.1 Å². The first-order chi connectivity index (χ1) is 11.6. The van der Waals surface area contributed by atoms with Crippen LogP contribution in [0.1, 0.15) is 12.3 Å². The van der Waals surface area contributed by atoms with Crippen LogP contribution in [0.3, 0.4) is 0 Å². The van der Waals surface area contributed by atoms with E-state index in [2.05, 4.69) is 15.5 Å². The standard InChI is InChI=1S/C17H13ClFN3O2/c18-13-3-1-2-4-14(13)20-15(23)9-10-16-21-17(22-24-16)11-5-7-12(19)8-6-11/h1-8H,9-10H2,(H,20,23). The normalized spacial score (nSPS) is 10.6. The molecule has 0 atom stereocenters. The number of para-hydroxylation sites is 1. The number of hydrogen-bond acceptors (Lipinski definition) is 4. The van der Waals surface area contributed by atoms with E-state index in [1.54, 1.807) is 36.4 Å². The number of halogens is 2.